The average Bonchev–Trinajstić information content (AvgIpc) is 3.30. The van der Waals surface area contributed by atoms with Crippen LogP contribution < -0.4 is 15.4 Å². The van der Waals surface area contributed by atoms with Crippen molar-refractivity contribution in [2.75, 3.05) is 10.6 Å². The molecule has 2 aliphatic carbocycles. The maximum Gasteiger partial charge on any atom is 0.348 e. The lowest BCUT2D eigenvalue weighted by molar-refractivity contribution is -0.124. The van der Waals surface area contributed by atoms with Crippen molar-refractivity contribution in [3.63, 3.8) is 0 Å². The predicted octanol–water partition coefficient (Wildman–Crippen LogP) is 6.37. The monoisotopic (exact) mass is 537 g/mol. The first-order valence-corrected chi connectivity index (χ1v) is 14.4. The third-order valence-corrected chi connectivity index (χ3v) is 8.41. The molecule has 8 heteroatoms. The van der Waals surface area contributed by atoms with Gasteiger partial charge in [-0.1, -0.05) is 18.8 Å². The number of pyridine rings is 1. The van der Waals surface area contributed by atoms with Gasteiger partial charge in [0.25, 0.3) is 0 Å². The van der Waals surface area contributed by atoms with Gasteiger partial charge in [0.05, 0.1) is 22.4 Å². The topological polar surface area (TPSA) is 106 Å². The molecule has 2 aliphatic rings. The number of amides is 1. The Hall–Kier alpha value is -3.05. The Balaban J connectivity index is 1.60. The van der Waals surface area contributed by atoms with Gasteiger partial charge in [0.1, 0.15) is 11.0 Å². The molecule has 0 atom stereocenters. The Kier molecular flexibility index (Phi) is 8.67. The molecular formula is C30H39N3O4S. The fourth-order valence-corrected chi connectivity index (χ4v) is 6.12. The van der Waals surface area contributed by atoms with E-state index in [-0.39, 0.29) is 34.3 Å². The largest absolute Gasteiger partial charge is 0.477 e. The third-order valence-electron chi connectivity index (χ3n) is 7.38. The van der Waals surface area contributed by atoms with Gasteiger partial charge in [-0.25, -0.2) is 9.78 Å². The van der Waals surface area contributed by atoms with Crippen LogP contribution in [0.25, 0.3) is 0 Å². The van der Waals surface area contributed by atoms with Crippen LogP contribution in [0.15, 0.2) is 24.4 Å². The van der Waals surface area contributed by atoms with Crippen molar-refractivity contribution >= 4 is 34.6 Å². The van der Waals surface area contributed by atoms with Crippen molar-refractivity contribution in [1.82, 2.24) is 4.98 Å². The Bertz CT molecular complexity index is 1190. The van der Waals surface area contributed by atoms with Gasteiger partial charge >= 0.3 is 5.97 Å². The number of thiophene rings is 1. The second-order valence-corrected chi connectivity index (χ2v) is 12.8. The molecule has 38 heavy (non-hydrogen) atoms. The summed E-state index contributed by atoms with van der Waals surface area (Å²) >= 11 is 1.16. The molecule has 2 saturated carbocycles. The van der Waals surface area contributed by atoms with Crippen LogP contribution in [0.4, 0.5) is 11.4 Å². The second-order valence-electron chi connectivity index (χ2n) is 11.8. The van der Waals surface area contributed by atoms with Crippen molar-refractivity contribution in [3.8, 4) is 17.7 Å². The fourth-order valence-electron chi connectivity index (χ4n) is 5.28. The summed E-state index contributed by atoms with van der Waals surface area (Å²) in [5.41, 5.74) is 6.61. The maximum absolute atomic E-state index is 14.1. The summed E-state index contributed by atoms with van der Waals surface area (Å²) in [5, 5.41) is 10.1. The lowest BCUT2D eigenvalue weighted by atomic mass is 9.81. The zero-order valence-electron chi connectivity index (χ0n) is 22.8. The zero-order chi connectivity index (χ0) is 27.4. The van der Waals surface area contributed by atoms with Gasteiger partial charge in [0.15, 0.2) is 0 Å². The van der Waals surface area contributed by atoms with Gasteiger partial charge in [-0.15, -0.1) is 11.3 Å². The van der Waals surface area contributed by atoms with E-state index >= 15 is 0 Å². The first-order valence-electron chi connectivity index (χ1n) is 13.6. The lowest BCUT2D eigenvalue weighted by Gasteiger charge is -2.39. The van der Waals surface area contributed by atoms with Gasteiger partial charge in [0, 0.05) is 23.4 Å². The number of carboxylic acid groups (broad SMARTS) is 1. The van der Waals surface area contributed by atoms with Gasteiger partial charge in [-0.05, 0) is 90.2 Å². The number of nitrogens with two attached hydrogens (primary N) is 1. The number of anilines is 2. The van der Waals surface area contributed by atoms with Crippen LogP contribution in [-0.2, 0) is 4.79 Å². The van der Waals surface area contributed by atoms with Crippen molar-refractivity contribution in [2.24, 2.45) is 17.3 Å². The maximum atomic E-state index is 14.1. The van der Waals surface area contributed by atoms with Crippen molar-refractivity contribution in [1.29, 1.82) is 0 Å². The van der Waals surface area contributed by atoms with Crippen molar-refractivity contribution in [2.45, 2.75) is 91.2 Å². The summed E-state index contributed by atoms with van der Waals surface area (Å²) in [6.45, 7) is 8.30. The molecule has 0 radical (unpaired) electrons. The molecule has 2 heterocycles. The summed E-state index contributed by atoms with van der Waals surface area (Å²) in [4.78, 5) is 33.3. The molecule has 0 unspecified atom stereocenters. The highest BCUT2D eigenvalue weighted by molar-refractivity contribution is 7.15. The van der Waals surface area contributed by atoms with Crippen LogP contribution in [-0.4, -0.2) is 34.1 Å². The van der Waals surface area contributed by atoms with Crippen LogP contribution in [0.5, 0.6) is 5.88 Å². The number of nitrogens with zero attached hydrogens (tertiary/aromatic N) is 2. The number of aromatic carboxylic acids is 1. The number of ether oxygens (including phenoxy) is 1. The zero-order valence-corrected chi connectivity index (χ0v) is 23.6. The molecule has 0 spiro atoms. The number of hydrogen-bond donors (Lipinski definition) is 2. The quantitative estimate of drug-likeness (QED) is 0.415. The average molecular weight is 538 g/mol. The standard InChI is InChI=1S/C30H39N3O4S/c1-19-5-7-20(8-6-19)28(34)33(25-17-24(15-16-30(2,3)4)38-27(25)29(35)36)22-10-12-23(13-11-22)37-26-14-9-21(31)18-32-26/h9,14,17-20,22-23H,5-8,10-13,31H2,1-4H3,(H,35,36)/t19?,20?,22-,23-. The Morgan fingerprint density at radius 3 is 2.37 bits per heavy atom. The molecule has 0 bridgehead atoms. The molecule has 2 fully saturated rings. The van der Waals surface area contributed by atoms with E-state index in [0.29, 0.717) is 28.0 Å². The number of carbonyl (C=O) groups excluding carboxylic acids is 1. The molecule has 0 aliphatic heterocycles. The van der Waals surface area contributed by atoms with Crippen LogP contribution in [0.2, 0.25) is 0 Å². The van der Waals surface area contributed by atoms with Crippen LogP contribution in [0.1, 0.15) is 93.6 Å². The van der Waals surface area contributed by atoms with Crippen LogP contribution in [0, 0.1) is 29.1 Å². The van der Waals surface area contributed by atoms with E-state index < -0.39 is 5.97 Å². The van der Waals surface area contributed by atoms with Gasteiger partial charge in [-0.3, -0.25) is 4.79 Å². The molecule has 7 nitrogen and oxygen atoms in total. The van der Waals surface area contributed by atoms with Crippen LogP contribution in [0.3, 0.4) is 0 Å². The van der Waals surface area contributed by atoms with E-state index in [2.05, 4.69) is 23.7 Å². The van der Waals surface area contributed by atoms with Crippen molar-refractivity contribution in [3.05, 3.63) is 34.2 Å². The predicted molar refractivity (Wildman–Crippen MR) is 152 cm³/mol. The minimum absolute atomic E-state index is 0.00973. The van der Waals surface area contributed by atoms with Crippen molar-refractivity contribution < 1.29 is 19.4 Å². The van der Waals surface area contributed by atoms with Gasteiger partial charge < -0.3 is 20.5 Å². The van der Waals surface area contributed by atoms with E-state index in [1.54, 1.807) is 18.3 Å². The minimum Gasteiger partial charge on any atom is -0.477 e. The lowest BCUT2D eigenvalue weighted by Crippen LogP contribution is -2.47. The molecule has 0 saturated heterocycles. The highest BCUT2D eigenvalue weighted by Gasteiger charge is 2.37. The highest BCUT2D eigenvalue weighted by atomic mass is 32.1. The van der Waals surface area contributed by atoms with Crippen LogP contribution >= 0.6 is 11.3 Å². The molecule has 1 amide bonds. The SMILES string of the molecule is CC1CCC(C(=O)N(c2cc(C#CC(C)(C)C)sc2C(=O)O)[C@H]2CC[C@H](Oc3ccc(N)cn3)CC2)CC1. The molecular weight excluding hydrogens is 498 g/mol. The summed E-state index contributed by atoms with van der Waals surface area (Å²) in [6.07, 6.45) is 8.28. The fraction of sp³-hybridized carbons (Fsp3) is 0.567. The second kappa shape index (κ2) is 11.8. The number of hydrogen-bond acceptors (Lipinski definition) is 6. The Morgan fingerprint density at radius 1 is 1.11 bits per heavy atom. The molecule has 2 aromatic heterocycles. The molecule has 0 aromatic carbocycles. The first kappa shape index (κ1) is 28.0. The van der Waals surface area contributed by atoms with E-state index in [9.17, 15) is 14.7 Å². The molecule has 3 N–H and O–H groups in total. The summed E-state index contributed by atoms with van der Waals surface area (Å²) in [5.74, 6) is 6.47. The minimum atomic E-state index is -1.02. The Labute approximate surface area is 229 Å². The van der Waals surface area contributed by atoms with Gasteiger partial charge in [-0.2, -0.15) is 0 Å². The number of nitrogen functional groups attached to an aromatic ring is 1. The van der Waals surface area contributed by atoms with E-state index in [4.69, 9.17) is 10.5 Å². The smallest absolute Gasteiger partial charge is 0.348 e. The van der Waals surface area contributed by atoms with Gasteiger partial charge in [0.2, 0.25) is 11.8 Å². The van der Waals surface area contributed by atoms with E-state index in [1.165, 1.54) is 0 Å². The number of rotatable bonds is 6. The summed E-state index contributed by atoms with van der Waals surface area (Å²) in [6, 6.07) is 5.27. The molecule has 2 aromatic rings. The Morgan fingerprint density at radius 2 is 1.79 bits per heavy atom. The number of carbonyl (C=O) groups is 2. The van der Waals surface area contributed by atoms with E-state index in [1.807, 2.05) is 31.7 Å². The van der Waals surface area contributed by atoms with E-state index in [0.717, 1.165) is 62.7 Å². The first-order chi connectivity index (χ1) is 18.0. The molecule has 204 valence electrons. The summed E-state index contributed by atoms with van der Waals surface area (Å²) in [7, 11) is 0. The molecule has 4 rings (SSSR count). The number of carboxylic acids is 1. The normalized spacial score (nSPS) is 23.7. The highest BCUT2D eigenvalue weighted by Crippen LogP contribution is 2.39. The summed E-state index contributed by atoms with van der Waals surface area (Å²) < 4.78 is 6.08. The third kappa shape index (κ3) is 7.08. The number of aromatic nitrogens is 1.